The number of rotatable bonds is 7. The molecule has 2 N–H and O–H groups in total. The van der Waals surface area contributed by atoms with Crippen LogP contribution in [0.1, 0.15) is 22.8 Å². The first-order valence-electron chi connectivity index (χ1n) is 10.00. The number of hydrogen-bond donors (Lipinski definition) is 2. The van der Waals surface area contributed by atoms with Crippen LogP contribution in [-0.2, 0) is 6.42 Å². The van der Waals surface area contributed by atoms with E-state index < -0.39 is 0 Å². The van der Waals surface area contributed by atoms with E-state index in [9.17, 15) is 4.79 Å². The van der Waals surface area contributed by atoms with E-state index >= 15 is 0 Å². The molecule has 7 heteroatoms. The molecule has 31 heavy (non-hydrogen) atoms. The number of nitrogens with one attached hydrogen (secondary N) is 2. The van der Waals surface area contributed by atoms with E-state index in [-0.39, 0.29) is 5.91 Å². The fourth-order valence-electron chi connectivity index (χ4n) is 3.41. The number of aromatic nitrogens is 2. The molecule has 1 amide bonds. The molecule has 4 rings (SSSR count). The van der Waals surface area contributed by atoms with Crippen molar-refractivity contribution in [2.45, 2.75) is 13.3 Å². The van der Waals surface area contributed by atoms with Gasteiger partial charge in [-0.05, 0) is 55.3 Å². The minimum atomic E-state index is -0.150. The first-order valence-corrected chi connectivity index (χ1v) is 10.8. The average molecular weight is 454 g/mol. The SMILES string of the molecule is CCOc1ccccc1CCNC(=O)c1ccc2nc(-c3c(Cl)cccc3Cl)[nH]c2c1. The van der Waals surface area contributed by atoms with E-state index in [1.165, 1.54) is 0 Å². The lowest BCUT2D eigenvalue weighted by molar-refractivity contribution is 0.0954. The maximum atomic E-state index is 12.7. The monoisotopic (exact) mass is 453 g/mol. The minimum absolute atomic E-state index is 0.150. The maximum absolute atomic E-state index is 12.7. The summed E-state index contributed by atoms with van der Waals surface area (Å²) in [5.41, 5.74) is 3.72. The zero-order valence-corrected chi connectivity index (χ0v) is 18.4. The van der Waals surface area contributed by atoms with Gasteiger partial charge in [0.05, 0.1) is 33.2 Å². The Morgan fingerprint density at radius 2 is 1.84 bits per heavy atom. The molecule has 0 atom stereocenters. The summed E-state index contributed by atoms with van der Waals surface area (Å²) < 4.78 is 5.64. The fourth-order valence-corrected chi connectivity index (χ4v) is 3.99. The van der Waals surface area contributed by atoms with Crippen molar-refractivity contribution in [3.8, 4) is 17.1 Å². The predicted octanol–water partition coefficient (Wildman–Crippen LogP) is 5.91. The van der Waals surface area contributed by atoms with Crippen LogP contribution in [0.2, 0.25) is 10.0 Å². The number of hydrogen-bond acceptors (Lipinski definition) is 3. The fraction of sp³-hybridized carbons (Fsp3) is 0.167. The van der Waals surface area contributed by atoms with E-state index in [1.54, 1.807) is 36.4 Å². The van der Waals surface area contributed by atoms with Gasteiger partial charge in [0, 0.05) is 12.1 Å². The number of carbonyl (C=O) groups excluding carboxylic acids is 1. The summed E-state index contributed by atoms with van der Waals surface area (Å²) in [6.45, 7) is 3.06. The van der Waals surface area contributed by atoms with E-state index in [2.05, 4.69) is 15.3 Å². The van der Waals surface area contributed by atoms with E-state index in [1.807, 2.05) is 31.2 Å². The van der Waals surface area contributed by atoms with Crippen molar-refractivity contribution in [3.05, 3.63) is 81.8 Å². The van der Waals surface area contributed by atoms with Gasteiger partial charge in [0.1, 0.15) is 11.6 Å². The first-order chi connectivity index (χ1) is 15.1. The second kappa shape index (κ2) is 9.41. The van der Waals surface area contributed by atoms with Crippen LogP contribution >= 0.6 is 23.2 Å². The lowest BCUT2D eigenvalue weighted by Gasteiger charge is -2.10. The quantitative estimate of drug-likeness (QED) is 0.365. The third kappa shape index (κ3) is 4.68. The molecule has 0 radical (unpaired) electrons. The Hall–Kier alpha value is -3.02. The summed E-state index contributed by atoms with van der Waals surface area (Å²) in [6.07, 6.45) is 0.684. The lowest BCUT2D eigenvalue weighted by atomic mass is 10.1. The number of benzene rings is 3. The molecule has 0 saturated carbocycles. The number of nitrogens with zero attached hydrogens (tertiary/aromatic N) is 1. The normalized spacial score (nSPS) is 10.9. The predicted molar refractivity (Wildman–Crippen MR) is 125 cm³/mol. The molecule has 0 aliphatic rings. The number of amides is 1. The molecule has 0 spiro atoms. The van der Waals surface area contributed by atoms with Gasteiger partial charge in [0.2, 0.25) is 0 Å². The molecule has 0 aliphatic carbocycles. The first kappa shape index (κ1) is 21.2. The van der Waals surface area contributed by atoms with E-state index in [0.29, 0.717) is 46.6 Å². The lowest BCUT2D eigenvalue weighted by Crippen LogP contribution is -2.25. The van der Waals surface area contributed by atoms with Crippen LogP contribution < -0.4 is 10.1 Å². The van der Waals surface area contributed by atoms with Crippen molar-refractivity contribution in [3.63, 3.8) is 0 Å². The molecule has 0 fully saturated rings. The van der Waals surface area contributed by atoms with Crippen molar-refractivity contribution < 1.29 is 9.53 Å². The Balaban J connectivity index is 1.48. The second-order valence-electron chi connectivity index (χ2n) is 6.96. The highest BCUT2D eigenvalue weighted by atomic mass is 35.5. The molecular weight excluding hydrogens is 433 g/mol. The van der Waals surface area contributed by atoms with Crippen molar-refractivity contribution in [1.82, 2.24) is 15.3 Å². The largest absolute Gasteiger partial charge is 0.494 e. The molecule has 0 bridgehead atoms. The van der Waals surface area contributed by atoms with Gasteiger partial charge in [0.25, 0.3) is 5.91 Å². The molecule has 3 aromatic carbocycles. The number of H-pyrrole nitrogens is 1. The van der Waals surface area contributed by atoms with Gasteiger partial charge in [-0.15, -0.1) is 0 Å². The molecule has 158 valence electrons. The molecule has 1 aromatic heterocycles. The van der Waals surface area contributed by atoms with Crippen LogP contribution in [0.3, 0.4) is 0 Å². The van der Waals surface area contributed by atoms with Gasteiger partial charge in [-0.1, -0.05) is 47.5 Å². The number of ether oxygens (including phenoxy) is 1. The van der Waals surface area contributed by atoms with Gasteiger partial charge >= 0.3 is 0 Å². The van der Waals surface area contributed by atoms with Gasteiger partial charge in [-0.3, -0.25) is 4.79 Å². The minimum Gasteiger partial charge on any atom is -0.494 e. The standard InChI is InChI=1S/C24H21Cl2N3O2/c1-2-31-21-9-4-3-6-15(21)12-13-27-24(30)16-10-11-19-20(14-16)29-23(28-19)22-17(25)7-5-8-18(22)26/h3-11,14H,2,12-13H2,1H3,(H,27,30)(H,28,29). The molecule has 1 heterocycles. The number of aromatic amines is 1. The highest BCUT2D eigenvalue weighted by molar-refractivity contribution is 6.39. The van der Waals surface area contributed by atoms with Gasteiger partial charge in [-0.2, -0.15) is 0 Å². The molecular formula is C24H21Cl2N3O2. The number of para-hydroxylation sites is 1. The number of halogens is 2. The highest BCUT2D eigenvalue weighted by Gasteiger charge is 2.14. The summed E-state index contributed by atoms with van der Waals surface area (Å²) in [5.74, 6) is 1.27. The number of fused-ring (bicyclic) bond motifs is 1. The summed E-state index contributed by atoms with van der Waals surface area (Å²) in [4.78, 5) is 20.4. The van der Waals surface area contributed by atoms with Crippen molar-refractivity contribution in [2.75, 3.05) is 13.2 Å². The molecule has 4 aromatic rings. The van der Waals surface area contributed by atoms with Crippen LogP contribution in [0.25, 0.3) is 22.4 Å². The van der Waals surface area contributed by atoms with E-state index in [4.69, 9.17) is 27.9 Å². The van der Waals surface area contributed by atoms with Crippen molar-refractivity contribution in [1.29, 1.82) is 0 Å². The second-order valence-corrected chi connectivity index (χ2v) is 7.78. The average Bonchev–Trinajstić information content (AvgIpc) is 3.17. The Bertz CT molecular complexity index is 1220. The Labute approximate surface area is 190 Å². The molecule has 0 aliphatic heterocycles. The molecule has 0 saturated heterocycles. The molecule has 5 nitrogen and oxygen atoms in total. The van der Waals surface area contributed by atoms with Crippen LogP contribution in [0.5, 0.6) is 5.75 Å². The summed E-state index contributed by atoms with van der Waals surface area (Å²) in [6, 6.07) is 18.5. The number of carbonyl (C=O) groups is 1. The van der Waals surface area contributed by atoms with Gasteiger partial charge in [-0.25, -0.2) is 4.98 Å². The zero-order chi connectivity index (χ0) is 21.8. The topological polar surface area (TPSA) is 67.0 Å². The maximum Gasteiger partial charge on any atom is 0.251 e. The Kier molecular flexibility index (Phi) is 6.44. The number of imidazole rings is 1. The summed E-state index contributed by atoms with van der Waals surface area (Å²) in [7, 11) is 0. The van der Waals surface area contributed by atoms with Crippen LogP contribution in [0.15, 0.2) is 60.7 Å². The Morgan fingerprint density at radius 3 is 2.61 bits per heavy atom. The van der Waals surface area contributed by atoms with Crippen LogP contribution in [-0.4, -0.2) is 29.0 Å². The Morgan fingerprint density at radius 1 is 1.06 bits per heavy atom. The summed E-state index contributed by atoms with van der Waals surface area (Å²) >= 11 is 12.6. The highest BCUT2D eigenvalue weighted by Crippen LogP contribution is 2.33. The smallest absolute Gasteiger partial charge is 0.251 e. The molecule has 0 unspecified atom stereocenters. The van der Waals surface area contributed by atoms with Crippen LogP contribution in [0, 0.1) is 0 Å². The van der Waals surface area contributed by atoms with Gasteiger partial charge in [0.15, 0.2) is 0 Å². The third-order valence-corrected chi connectivity index (χ3v) is 5.53. The van der Waals surface area contributed by atoms with Crippen molar-refractivity contribution >= 4 is 40.1 Å². The summed E-state index contributed by atoms with van der Waals surface area (Å²) in [5, 5.41) is 3.99. The zero-order valence-electron chi connectivity index (χ0n) is 16.9. The third-order valence-electron chi connectivity index (χ3n) is 4.90. The van der Waals surface area contributed by atoms with E-state index in [0.717, 1.165) is 22.3 Å². The van der Waals surface area contributed by atoms with Gasteiger partial charge < -0.3 is 15.0 Å². The van der Waals surface area contributed by atoms with Crippen LogP contribution in [0.4, 0.5) is 0 Å². The van der Waals surface area contributed by atoms with Crippen molar-refractivity contribution in [2.24, 2.45) is 0 Å².